The van der Waals surface area contributed by atoms with Gasteiger partial charge in [0.25, 0.3) is 0 Å². The normalized spacial score (nSPS) is 13.3. The highest BCUT2D eigenvalue weighted by Gasteiger charge is 2.49. The third-order valence-electron chi connectivity index (χ3n) is 3.78. The average Bonchev–Trinajstić information content (AvgIpc) is 2.65. The molecule has 1 aromatic carbocycles. The van der Waals surface area contributed by atoms with Gasteiger partial charge in [0.05, 0.1) is 20.3 Å². The van der Waals surface area contributed by atoms with E-state index in [0.29, 0.717) is 0 Å². The number of amides is 1. The van der Waals surface area contributed by atoms with Gasteiger partial charge in [0.1, 0.15) is 6.04 Å². The lowest BCUT2D eigenvalue weighted by molar-refractivity contribution is -0.193. The maximum atomic E-state index is 13.1. The fourth-order valence-corrected chi connectivity index (χ4v) is 2.43. The molecule has 0 heterocycles. The quantitative estimate of drug-likeness (QED) is 0.522. The maximum Gasteiger partial charge on any atom is 0.471 e. The van der Waals surface area contributed by atoms with Crippen LogP contribution in [0.4, 0.5) is 13.2 Å². The van der Waals surface area contributed by atoms with Crippen LogP contribution in [0.2, 0.25) is 0 Å². The van der Waals surface area contributed by atoms with E-state index in [1.54, 1.807) is 6.07 Å². The number of esters is 2. The standard InChI is InChI=1S/C17H18F3NO6/c1-10(11-7-5-4-6-8-11)21(16(25)17(18,19)20)12(14(23)26-2)9-13(22)15(24)27-3/h4-8,10,12H,9H2,1-3H3/t10-,12+/m1/s1. The summed E-state index contributed by atoms with van der Waals surface area (Å²) < 4.78 is 48.1. The van der Waals surface area contributed by atoms with Gasteiger partial charge in [-0.1, -0.05) is 30.3 Å². The smallest absolute Gasteiger partial charge is 0.467 e. The number of nitrogens with zero attached hydrogens (tertiary/aromatic N) is 1. The van der Waals surface area contributed by atoms with E-state index in [1.807, 2.05) is 0 Å². The van der Waals surface area contributed by atoms with Gasteiger partial charge in [-0.3, -0.25) is 9.59 Å². The number of methoxy groups -OCH3 is 2. The number of alkyl halides is 3. The van der Waals surface area contributed by atoms with Gasteiger partial charge < -0.3 is 14.4 Å². The highest BCUT2D eigenvalue weighted by Crippen LogP contribution is 2.30. The fraction of sp³-hybridized carbons (Fsp3) is 0.412. The molecule has 0 saturated carbocycles. The number of halogens is 3. The molecular weight excluding hydrogens is 371 g/mol. The van der Waals surface area contributed by atoms with Crippen molar-refractivity contribution in [2.45, 2.75) is 31.6 Å². The molecule has 0 bridgehead atoms. The van der Waals surface area contributed by atoms with E-state index >= 15 is 0 Å². The first-order chi connectivity index (χ1) is 12.5. The lowest BCUT2D eigenvalue weighted by atomic mass is 10.0. The van der Waals surface area contributed by atoms with Crippen LogP contribution < -0.4 is 0 Å². The second kappa shape index (κ2) is 9.15. The molecule has 0 unspecified atom stereocenters. The summed E-state index contributed by atoms with van der Waals surface area (Å²) in [6, 6.07) is 4.39. The Bertz CT molecular complexity index is 704. The van der Waals surface area contributed by atoms with Crippen LogP contribution in [0, 0.1) is 0 Å². The van der Waals surface area contributed by atoms with Crippen molar-refractivity contribution >= 4 is 23.6 Å². The van der Waals surface area contributed by atoms with Gasteiger partial charge >= 0.3 is 24.0 Å². The third kappa shape index (κ3) is 5.53. The van der Waals surface area contributed by atoms with E-state index in [-0.39, 0.29) is 10.5 Å². The summed E-state index contributed by atoms with van der Waals surface area (Å²) in [7, 11) is 1.79. The van der Waals surface area contributed by atoms with Gasteiger partial charge in [-0.25, -0.2) is 9.59 Å². The molecule has 0 saturated heterocycles. The molecule has 0 spiro atoms. The van der Waals surface area contributed by atoms with Crippen LogP contribution in [0.3, 0.4) is 0 Å². The number of ether oxygens (including phenoxy) is 2. The van der Waals surface area contributed by atoms with Gasteiger partial charge in [-0.05, 0) is 12.5 Å². The lowest BCUT2D eigenvalue weighted by Crippen LogP contribution is -2.52. The Morgan fingerprint density at radius 2 is 1.59 bits per heavy atom. The topological polar surface area (TPSA) is 90.0 Å². The van der Waals surface area contributed by atoms with Crippen LogP contribution >= 0.6 is 0 Å². The van der Waals surface area contributed by atoms with Crippen molar-refractivity contribution in [1.29, 1.82) is 0 Å². The molecule has 27 heavy (non-hydrogen) atoms. The molecule has 7 nitrogen and oxygen atoms in total. The molecule has 0 aromatic heterocycles. The number of rotatable bonds is 7. The van der Waals surface area contributed by atoms with Crippen LogP contribution in [0.1, 0.15) is 24.9 Å². The summed E-state index contributed by atoms with van der Waals surface area (Å²) >= 11 is 0. The summed E-state index contributed by atoms with van der Waals surface area (Å²) in [5.74, 6) is -6.23. The van der Waals surface area contributed by atoms with Crippen LogP contribution in [-0.2, 0) is 28.7 Å². The Labute approximate surface area is 153 Å². The van der Waals surface area contributed by atoms with E-state index in [9.17, 15) is 32.3 Å². The number of Topliss-reactive ketones (excluding diaryl/α,β-unsaturated/α-hetero) is 1. The highest BCUT2D eigenvalue weighted by atomic mass is 19.4. The van der Waals surface area contributed by atoms with Crippen molar-refractivity contribution in [2.75, 3.05) is 14.2 Å². The van der Waals surface area contributed by atoms with E-state index in [0.717, 1.165) is 14.2 Å². The number of benzene rings is 1. The minimum atomic E-state index is -5.32. The van der Waals surface area contributed by atoms with Crippen LogP contribution in [0.5, 0.6) is 0 Å². The Kier molecular flexibility index (Phi) is 7.50. The largest absolute Gasteiger partial charge is 0.471 e. The lowest BCUT2D eigenvalue weighted by Gasteiger charge is -2.35. The molecule has 0 N–H and O–H groups in total. The molecule has 0 aliphatic heterocycles. The molecule has 10 heteroatoms. The predicted octanol–water partition coefficient (Wildman–Crippen LogP) is 1.81. The first-order valence-corrected chi connectivity index (χ1v) is 7.68. The highest BCUT2D eigenvalue weighted by molar-refractivity contribution is 6.34. The van der Waals surface area contributed by atoms with Crippen molar-refractivity contribution in [3.8, 4) is 0 Å². The van der Waals surface area contributed by atoms with Gasteiger partial charge in [-0.15, -0.1) is 0 Å². The third-order valence-corrected chi connectivity index (χ3v) is 3.78. The van der Waals surface area contributed by atoms with Crippen molar-refractivity contribution < 1.29 is 41.8 Å². The van der Waals surface area contributed by atoms with Gasteiger partial charge in [0.15, 0.2) is 0 Å². The Morgan fingerprint density at radius 3 is 2.04 bits per heavy atom. The number of hydrogen-bond donors (Lipinski definition) is 0. The molecule has 2 atom stereocenters. The molecular formula is C17H18F3NO6. The zero-order valence-electron chi connectivity index (χ0n) is 14.8. The molecule has 148 valence electrons. The Hall–Kier alpha value is -2.91. The summed E-state index contributed by atoms with van der Waals surface area (Å²) in [6.45, 7) is 1.26. The first-order valence-electron chi connectivity index (χ1n) is 7.68. The van der Waals surface area contributed by atoms with Crippen LogP contribution in [0.25, 0.3) is 0 Å². The monoisotopic (exact) mass is 389 g/mol. The zero-order valence-corrected chi connectivity index (χ0v) is 14.8. The Morgan fingerprint density at radius 1 is 1.04 bits per heavy atom. The van der Waals surface area contributed by atoms with E-state index in [1.165, 1.54) is 31.2 Å². The van der Waals surface area contributed by atoms with Crippen molar-refractivity contribution in [1.82, 2.24) is 4.90 Å². The second-order valence-electron chi connectivity index (χ2n) is 5.45. The van der Waals surface area contributed by atoms with Crippen LogP contribution in [-0.4, -0.2) is 55.0 Å². The van der Waals surface area contributed by atoms with E-state index in [4.69, 9.17) is 0 Å². The minimum absolute atomic E-state index is 0.196. The molecule has 0 aliphatic carbocycles. The van der Waals surface area contributed by atoms with Gasteiger partial charge in [-0.2, -0.15) is 13.2 Å². The first kappa shape index (κ1) is 22.1. The Balaban J connectivity index is 3.41. The molecule has 1 aromatic rings. The van der Waals surface area contributed by atoms with Crippen molar-refractivity contribution in [3.63, 3.8) is 0 Å². The summed E-state index contributed by atoms with van der Waals surface area (Å²) in [4.78, 5) is 47.5. The van der Waals surface area contributed by atoms with Crippen LogP contribution in [0.15, 0.2) is 30.3 Å². The number of hydrogen-bond acceptors (Lipinski definition) is 6. The second-order valence-corrected chi connectivity index (χ2v) is 5.45. The number of carbonyl (C=O) groups is 4. The predicted molar refractivity (Wildman–Crippen MR) is 85.2 cm³/mol. The molecule has 0 radical (unpaired) electrons. The number of ketones is 1. The molecule has 0 aliphatic rings. The summed E-state index contributed by atoms with van der Waals surface area (Å²) in [5.41, 5.74) is 0.287. The molecule has 1 amide bonds. The molecule has 0 fully saturated rings. The van der Waals surface area contributed by atoms with Crippen molar-refractivity contribution in [3.05, 3.63) is 35.9 Å². The number of carbonyl (C=O) groups excluding carboxylic acids is 4. The zero-order chi connectivity index (χ0) is 20.8. The maximum absolute atomic E-state index is 13.1. The van der Waals surface area contributed by atoms with Gasteiger partial charge in [0, 0.05) is 6.42 Å². The summed E-state index contributed by atoms with van der Waals surface area (Å²) in [5, 5.41) is 0. The van der Waals surface area contributed by atoms with E-state index < -0.39 is 48.3 Å². The van der Waals surface area contributed by atoms with Gasteiger partial charge in [0.2, 0.25) is 5.78 Å². The summed E-state index contributed by atoms with van der Waals surface area (Å²) in [6.07, 6.45) is -6.33. The minimum Gasteiger partial charge on any atom is -0.467 e. The van der Waals surface area contributed by atoms with E-state index in [2.05, 4.69) is 9.47 Å². The SMILES string of the molecule is COC(=O)C(=O)C[C@@H](C(=O)OC)N(C(=O)C(F)(F)F)[C@H](C)c1ccccc1. The van der Waals surface area contributed by atoms with Crippen molar-refractivity contribution in [2.24, 2.45) is 0 Å². The fourth-order valence-electron chi connectivity index (χ4n) is 2.43. The average molecular weight is 389 g/mol. The molecule has 1 rings (SSSR count).